The van der Waals surface area contributed by atoms with E-state index in [1.165, 1.54) is 54.4 Å². The molecule has 0 aliphatic carbocycles. The molecule has 0 aliphatic heterocycles. The fourth-order valence-corrected chi connectivity index (χ4v) is 6.70. The Morgan fingerprint density at radius 2 is 1.20 bits per heavy atom. The van der Waals surface area contributed by atoms with E-state index in [0.717, 1.165) is 38.4 Å². The molecule has 6 aromatic carbocycles. The van der Waals surface area contributed by atoms with Gasteiger partial charge in [0.25, 0.3) is 5.56 Å². The van der Waals surface area contributed by atoms with Gasteiger partial charge in [0.2, 0.25) is 0 Å². The molecule has 0 bridgehead atoms. The molecule has 0 N–H and O–H groups in total. The van der Waals surface area contributed by atoms with Crippen molar-refractivity contribution in [3.63, 3.8) is 0 Å². The van der Waals surface area contributed by atoms with E-state index in [1.807, 2.05) is 28.7 Å². The summed E-state index contributed by atoms with van der Waals surface area (Å²) < 4.78 is 1.81. The molecule has 8 rings (SSSR count). The van der Waals surface area contributed by atoms with E-state index in [-0.39, 0.29) is 5.56 Å². The first kappa shape index (κ1) is 19.1. The van der Waals surface area contributed by atoms with Crippen molar-refractivity contribution < 1.29 is 0 Å². The number of pyridine rings is 1. The maximum atomic E-state index is 14.0. The van der Waals surface area contributed by atoms with Gasteiger partial charge in [0.05, 0.1) is 11.0 Å². The topological polar surface area (TPSA) is 34.4 Å². The zero-order valence-electron chi connectivity index (χ0n) is 20.1. The number of fused-ring (bicyclic) bond motifs is 6. The molecule has 0 spiro atoms. The Bertz CT molecular complexity index is 2210. The van der Waals surface area contributed by atoms with E-state index in [2.05, 4.69) is 64.1 Å². The van der Waals surface area contributed by atoms with E-state index in [0.29, 0.717) is 0 Å². The molecule has 0 saturated heterocycles. The van der Waals surface area contributed by atoms with E-state index in [9.17, 15) is 4.79 Å². The molecule has 35 heavy (non-hydrogen) atoms. The van der Waals surface area contributed by atoms with Crippen LogP contribution in [0.15, 0.2) is 65.5 Å². The summed E-state index contributed by atoms with van der Waals surface area (Å²) in [5.74, 6) is 0. The predicted octanol–water partition coefficient (Wildman–Crippen LogP) is 7.72. The summed E-state index contributed by atoms with van der Waals surface area (Å²) in [5.41, 5.74) is 7.38. The van der Waals surface area contributed by atoms with Gasteiger partial charge in [0, 0.05) is 16.2 Å². The summed E-state index contributed by atoms with van der Waals surface area (Å²) in [5, 5.41) is 11.8. The zero-order chi connectivity index (χ0) is 23.7. The molecule has 0 radical (unpaired) electrons. The van der Waals surface area contributed by atoms with Crippen LogP contribution in [0, 0.1) is 27.7 Å². The highest BCUT2D eigenvalue weighted by atomic mass is 16.1. The molecule has 0 unspecified atom stereocenters. The molecule has 2 aromatic heterocycles. The molecular weight excluding hydrogens is 428 g/mol. The highest BCUT2D eigenvalue weighted by Crippen LogP contribution is 2.47. The Hall–Kier alpha value is -4.24. The van der Waals surface area contributed by atoms with Gasteiger partial charge in [-0.1, -0.05) is 36.4 Å². The van der Waals surface area contributed by atoms with Crippen molar-refractivity contribution in [2.75, 3.05) is 0 Å². The lowest BCUT2D eigenvalue weighted by molar-refractivity contribution is 1.19. The van der Waals surface area contributed by atoms with E-state index < -0.39 is 0 Å². The number of aryl methyl sites for hydroxylation is 4. The van der Waals surface area contributed by atoms with Crippen LogP contribution in [0.2, 0.25) is 0 Å². The van der Waals surface area contributed by atoms with E-state index in [1.54, 1.807) is 0 Å². The summed E-state index contributed by atoms with van der Waals surface area (Å²) >= 11 is 0. The number of aromatic nitrogens is 2. The minimum Gasteiger partial charge on any atom is -0.268 e. The first-order valence-corrected chi connectivity index (χ1v) is 12.1. The smallest absolute Gasteiger partial charge is 0.264 e. The SMILES string of the molecule is Cc1ccc2ccc(C)c3c4c(C)cc5c6c(cc(C)c(c1c23)c46)c(=O)n1c2ccccc2nc51. The lowest BCUT2D eigenvalue weighted by atomic mass is 9.82. The number of benzene rings is 6. The normalized spacial score (nSPS) is 12.7. The first-order valence-electron chi connectivity index (χ1n) is 12.1. The zero-order valence-corrected chi connectivity index (χ0v) is 20.1. The average Bonchev–Trinajstić information content (AvgIpc) is 3.24. The maximum absolute atomic E-state index is 14.0. The van der Waals surface area contributed by atoms with Crippen molar-refractivity contribution in [3.8, 4) is 0 Å². The minimum absolute atomic E-state index is 0.0103. The number of nitrogens with zero attached hydrogens (tertiary/aromatic N) is 2. The van der Waals surface area contributed by atoms with Gasteiger partial charge in [-0.05, 0) is 112 Å². The Balaban J connectivity index is 1.83. The molecule has 166 valence electrons. The number of para-hydroxylation sites is 2. The van der Waals surface area contributed by atoms with Crippen molar-refractivity contribution >= 4 is 70.5 Å². The van der Waals surface area contributed by atoms with Gasteiger partial charge in [-0.25, -0.2) is 4.98 Å². The van der Waals surface area contributed by atoms with Gasteiger partial charge in [-0.15, -0.1) is 0 Å². The lowest BCUT2D eigenvalue weighted by Crippen LogP contribution is -2.14. The van der Waals surface area contributed by atoms with Gasteiger partial charge in [-0.3, -0.25) is 9.20 Å². The van der Waals surface area contributed by atoms with Crippen LogP contribution in [0.1, 0.15) is 22.3 Å². The summed E-state index contributed by atoms with van der Waals surface area (Å²) in [4.78, 5) is 19.0. The Morgan fingerprint density at radius 1 is 0.600 bits per heavy atom. The highest BCUT2D eigenvalue weighted by Gasteiger charge is 2.24. The van der Waals surface area contributed by atoms with Crippen molar-refractivity contribution in [2.24, 2.45) is 0 Å². The van der Waals surface area contributed by atoms with Crippen LogP contribution in [0.4, 0.5) is 0 Å². The van der Waals surface area contributed by atoms with Gasteiger partial charge >= 0.3 is 0 Å². The van der Waals surface area contributed by atoms with Crippen molar-refractivity contribution in [2.45, 2.75) is 27.7 Å². The average molecular weight is 451 g/mol. The molecule has 0 fully saturated rings. The van der Waals surface area contributed by atoms with Gasteiger partial charge in [0.1, 0.15) is 5.65 Å². The van der Waals surface area contributed by atoms with E-state index >= 15 is 0 Å². The number of rotatable bonds is 0. The largest absolute Gasteiger partial charge is 0.268 e. The van der Waals surface area contributed by atoms with Crippen LogP contribution in [-0.4, -0.2) is 9.38 Å². The molecule has 8 aromatic rings. The molecule has 3 heteroatoms. The fourth-order valence-electron chi connectivity index (χ4n) is 6.70. The first-order chi connectivity index (χ1) is 17.0. The quantitative estimate of drug-likeness (QED) is 0.175. The second-order valence-corrected chi connectivity index (χ2v) is 10.2. The summed E-state index contributed by atoms with van der Waals surface area (Å²) in [6.07, 6.45) is 0. The molecule has 3 nitrogen and oxygen atoms in total. The van der Waals surface area contributed by atoms with Crippen molar-refractivity contribution in [1.29, 1.82) is 0 Å². The maximum Gasteiger partial charge on any atom is 0.264 e. The van der Waals surface area contributed by atoms with Crippen LogP contribution < -0.4 is 5.56 Å². The van der Waals surface area contributed by atoms with E-state index in [4.69, 9.17) is 4.98 Å². The summed E-state index contributed by atoms with van der Waals surface area (Å²) in [6, 6.07) is 21.2. The van der Waals surface area contributed by atoms with Crippen molar-refractivity contribution in [3.05, 3.63) is 93.3 Å². The van der Waals surface area contributed by atoms with Gasteiger partial charge in [0.15, 0.2) is 0 Å². The van der Waals surface area contributed by atoms with Crippen LogP contribution in [0.5, 0.6) is 0 Å². The highest BCUT2D eigenvalue weighted by molar-refractivity contribution is 6.39. The van der Waals surface area contributed by atoms with Gasteiger partial charge < -0.3 is 0 Å². The van der Waals surface area contributed by atoms with Crippen LogP contribution in [0.3, 0.4) is 0 Å². The fraction of sp³-hybridized carbons (Fsp3) is 0.125. The summed E-state index contributed by atoms with van der Waals surface area (Å²) in [6.45, 7) is 8.78. The van der Waals surface area contributed by atoms with Crippen LogP contribution in [0.25, 0.3) is 70.5 Å². The molecule has 0 amide bonds. The second-order valence-electron chi connectivity index (χ2n) is 10.2. The second kappa shape index (κ2) is 6.05. The number of hydrogen-bond acceptors (Lipinski definition) is 2. The Labute approximate surface area is 200 Å². The lowest BCUT2D eigenvalue weighted by Gasteiger charge is -2.22. The van der Waals surface area contributed by atoms with Crippen LogP contribution >= 0.6 is 0 Å². The Morgan fingerprint density at radius 3 is 1.89 bits per heavy atom. The standard InChI is InChI=1S/C32H22N2O/c1-15-9-11-19-12-10-16(2)25-27-18(4)14-21-29-20(13-17(3)26(30(27)29)24(15)28(19)25)31-33-22-7-5-6-8-23(22)34(31)32(21)35/h5-14H,1-4H3. The molecule has 0 aliphatic rings. The molecule has 0 saturated carbocycles. The third-order valence-electron chi connectivity index (χ3n) is 8.14. The summed E-state index contributed by atoms with van der Waals surface area (Å²) in [7, 11) is 0. The third kappa shape index (κ3) is 2.09. The Kier molecular flexibility index (Phi) is 3.31. The predicted molar refractivity (Wildman–Crippen MR) is 148 cm³/mol. The monoisotopic (exact) mass is 450 g/mol. The molecule has 0 atom stereocenters. The van der Waals surface area contributed by atoms with Crippen LogP contribution in [-0.2, 0) is 0 Å². The number of hydrogen-bond donors (Lipinski definition) is 0. The molecular formula is C32H22N2O. The third-order valence-corrected chi connectivity index (χ3v) is 8.14. The minimum atomic E-state index is 0.0103. The van der Waals surface area contributed by atoms with Gasteiger partial charge in [-0.2, -0.15) is 0 Å². The molecule has 2 heterocycles. The number of imidazole rings is 1. The van der Waals surface area contributed by atoms with Crippen molar-refractivity contribution in [1.82, 2.24) is 9.38 Å².